The molecule has 0 amide bonds. The van der Waals surface area contributed by atoms with Crippen molar-refractivity contribution in [3.63, 3.8) is 0 Å². The molecule has 0 saturated heterocycles. The smallest absolute Gasteiger partial charge is 0.258 e. The normalized spacial score (nSPS) is 10.9. The van der Waals surface area contributed by atoms with Crippen LogP contribution in [0.15, 0.2) is 77.7 Å². The summed E-state index contributed by atoms with van der Waals surface area (Å²) in [7, 11) is 0. The Morgan fingerprint density at radius 3 is 2.57 bits per heavy atom. The Balaban J connectivity index is 1.59. The second-order valence-electron chi connectivity index (χ2n) is 6.50. The molecule has 28 heavy (non-hydrogen) atoms. The van der Waals surface area contributed by atoms with E-state index in [-0.39, 0.29) is 5.56 Å². The number of hydrogen-bond acceptors (Lipinski definition) is 3. The first-order valence-corrected chi connectivity index (χ1v) is 9.12. The summed E-state index contributed by atoms with van der Waals surface area (Å²) in [4.78, 5) is 12.6. The number of ether oxygens (including phenoxy) is 1. The van der Waals surface area contributed by atoms with E-state index >= 15 is 0 Å². The molecule has 0 fully saturated rings. The van der Waals surface area contributed by atoms with E-state index in [9.17, 15) is 10.0 Å². The van der Waals surface area contributed by atoms with Crippen LogP contribution in [0.1, 0.15) is 11.3 Å². The van der Waals surface area contributed by atoms with Crippen LogP contribution < -0.4 is 15.0 Å². The summed E-state index contributed by atoms with van der Waals surface area (Å²) in [6.45, 7) is 2.10. The van der Waals surface area contributed by atoms with Gasteiger partial charge in [0.05, 0.1) is 0 Å². The minimum Gasteiger partial charge on any atom is -0.618 e. The largest absolute Gasteiger partial charge is 0.618 e. The number of halogens is 1. The minimum absolute atomic E-state index is 0.213. The Morgan fingerprint density at radius 2 is 1.82 bits per heavy atom. The third-order valence-corrected chi connectivity index (χ3v) is 4.79. The van der Waals surface area contributed by atoms with E-state index in [1.54, 1.807) is 49.5 Å². The van der Waals surface area contributed by atoms with Gasteiger partial charge in [-0.3, -0.25) is 9.36 Å². The standard InChI is InChI=1S/C22H17ClN2O3/c1-15-2-5-17-12-19(8-9-21(17)25(15)27)24-11-10-20(13-22(24)26)28-14-16-3-6-18(23)7-4-16/h2-13H,14H2,1H3. The maximum atomic E-state index is 12.6. The molecule has 0 aliphatic carbocycles. The Labute approximate surface area is 166 Å². The number of benzene rings is 2. The highest BCUT2D eigenvalue weighted by molar-refractivity contribution is 6.30. The summed E-state index contributed by atoms with van der Waals surface area (Å²) in [5.74, 6) is 0.491. The first kappa shape index (κ1) is 18.1. The number of pyridine rings is 2. The summed E-state index contributed by atoms with van der Waals surface area (Å²) in [5.41, 5.74) is 2.63. The summed E-state index contributed by atoms with van der Waals surface area (Å²) in [6.07, 6.45) is 1.67. The van der Waals surface area contributed by atoms with E-state index in [2.05, 4.69) is 0 Å². The maximum absolute atomic E-state index is 12.6. The van der Waals surface area contributed by atoms with Crippen molar-refractivity contribution in [3.8, 4) is 11.4 Å². The molecule has 0 aliphatic heterocycles. The lowest BCUT2D eigenvalue weighted by molar-refractivity contribution is -0.584. The molecule has 0 radical (unpaired) electrons. The van der Waals surface area contributed by atoms with E-state index in [1.165, 1.54) is 10.6 Å². The molecule has 140 valence electrons. The van der Waals surface area contributed by atoms with Crippen molar-refractivity contribution in [1.82, 2.24) is 4.57 Å². The molecule has 0 unspecified atom stereocenters. The second kappa shape index (κ2) is 7.37. The first-order chi connectivity index (χ1) is 13.5. The van der Waals surface area contributed by atoms with Crippen LogP contribution >= 0.6 is 11.6 Å². The third kappa shape index (κ3) is 3.57. The van der Waals surface area contributed by atoms with E-state index in [0.29, 0.717) is 34.3 Å². The second-order valence-corrected chi connectivity index (χ2v) is 6.93. The van der Waals surface area contributed by atoms with E-state index in [4.69, 9.17) is 16.3 Å². The molecule has 4 rings (SSSR count). The Bertz CT molecular complexity index is 1220. The highest BCUT2D eigenvalue weighted by Gasteiger charge is 2.09. The minimum atomic E-state index is -0.213. The molecule has 0 bridgehead atoms. The van der Waals surface area contributed by atoms with Crippen molar-refractivity contribution in [2.24, 2.45) is 0 Å². The van der Waals surface area contributed by atoms with Gasteiger partial charge in [-0.05, 0) is 42.0 Å². The van der Waals surface area contributed by atoms with Gasteiger partial charge in [0.15, 0.2) is 5.69 Å². The number of rotatable bonds is 4. The van der Waals surface area contributed by atoms with Crippen molar-refractivity contribution >= 4 is 22.5 Å². The van der Waals surface area contributed by atoms with Crippen molar-refractivity contribution in [1.29, 1.82) is 0 Å². The molecule has 6 heteroatoms. The van der Waals surface area contributed by atoms with E-state index in [1.807, 2.05) is 24.3 Å². The van der Waals surface area contributed by atoms with Gasteiger partial charge in [0.2, 0.25) is 5.52 Å². The zero-order chi connectivity index (χ0) is 19.7. The lowest BCUT2D eigenvalue weighted by atomic mass is 10.2. The van der Waals surface area contributed by atoms with Gasteiger partial charge in [0.25, 0.3) is 5.56 Å². The van der Waals surface area contributed by atoms with Gasteiger partial charge in [0, 0.05) is 47.4 Å². The topological polar surface area (TPSA) is 58.2 Å². The van der Waals surface area contributed by atoms with E-state index in [0.717, 1.165) is 15.7 Å². The predicted octanol–water partition coefficient (Wildman–Crippen LogP) is 4.16. The molecule has 0 atom stereocenters. The Morgan fingerprint density at radius 1 is 1.04 bits per heavy atom. The Hall–Kier alpha value is -3.31. The SMILES string of the molecule is Cc1ccc2cc(-n3ccc(OCc4ccc(Cl)cc4)cc3=O)ccc2[n+]1[O-]. The van der Waals surface area contributed by atoms with Crippen LogP contribution in [0.4, 0.5) is 0 Å². The molecule has 0 aliphatic rings. The summed E-state index contributed by atoms with van der Waals surface area (Å²) in [5, 5.41) is 13.6. The summed E-state index contributed by atoms with van der Waals surface area (Å²) < 4.78 is 8.10. The molecule has 0 N–H and O–H groups in total. The average Bonchev–Trinajstić information content (AvgIpc) is 2.70. The highest BCUT2D eigenvalue weighted by Crippen LogP contribution is 2.17. The highest BCUT2D eigenvalue weighted by atomic mass is 35.5. The molecule has 5 nitrogen and oxygen atoms in total. The van der Waals surface area contributed by atoms with Crippen LogP contribution in [-0.4, -0.2) is 4.57 Å². The maximum Gasteiger partial charge on any atom is 0.258 e. The molecular weight excluding hydrogens is 376 g/mol. The van der Waals surface area contributed by atoms with Crippen LogP contribution in [0.5, 0.6) is 5.75 Å². The third-order valence-electron chi connectivity index (χ3n) is 4.54. The fourth-order valence-electron chi connectivity index (χ4n) is 2.99. The lowest BCUT2D eigenvalue weighted by Gasteiger charge is -2.10. The van der Waals surface area contributed by atoms with Crippen LogP contribution in [0.3, 0.4) is 0 Å². The monoisotopic (exact) mass is 392 g/mol. The molecule has 2 heterocycles. The summed E-state index contributed by atoms with van der Waals surface area (Å²) >= 11 is 5.87. The molecule has 0 saturated carbocycles. The molecule has 2 aromatic carbocycles. The predicted molar refractivity (Wildman–Crippen MR) is 109 cm³/mol. The van der Waals surface area contributed by atoms with Crippen LogP contribution in [0.25, 0.3) is 16.6 Å². The molecule has 0 spiro atoms. The van der Waals surface area contributed by atoms with Crippen molar-refractivity contribution in [2.75, 3.05) is 0 Å². The first-order valence-electron chi connectivity index (χ1n) is 8.74. The van der Waals surface area contributed by atoms with E-state index < -0.39 is 0 Å². The number of fused-ring (bicyclic) bond motifs is 1. The fraction of sp³-hybridized carbons (Fsp3) is 0.0909. The van der Waals surface area contributed by atoms with Crippen molar-refractivity contribution in [2.45, 2.75) is 13.5 Å². The fourth-order valence-corrected chi connectivity index (χ4v) is 3.12. The molecule has 2 aromatic heterocycles. The lowest BCUT2D eigenvalue weighted by Crippen LogP contribution is -2.30. The van der Waals surface area contributed by atoms with Gasteiger partial charge in [0.1, 0.15) is 12.4 Å². The van der Waals surface area contributed by atoms with Crippen molar-refractivity contribution in [3.05, 3.63) is 105 Å². The number of hydrogen-bond donors (Lipinski definition) is 0. The Kier molecular flexibility index (Phi) is 4.75. The molecule has 4 aromatic rings. The summed E-state index contributed by atoms with van der Waals surface area (Å²) in [6, 6.07) is 19.5. The number of aromatic nitrogens is 2. The van der Waals surface area contributed by atoms with Crippen molar-refractivity contribution < 1.29 is 9.47 Å². The van der Waals surface area contributed by atoms with Gasteiger partial charge < -0.3 is 9.94 Å². The van der Waals surface area contributed by atoms with Gasteiger partial charge in [-0.15, -0.1) is 0 Å². The van der Waals surface area contributed by atoms with Gasteiger partial charge in [-0.1, -0.05) is 23.7 Å². The average molecular weight is 393 g/mol. The number of aryl methyl sites for hydroxylation is 1. The van der Waals surface area contributed by atoms with Gasteiger partial charge in [-0.2, -0.15) is 4.73 Å². The zero-order valence-electron chi connectivity index (χ0n) is 15.1. The zero-order valence-corrected chi connectivity index (χ0v) is 15.9. The molecular formula is C22H17ClN2O3. The number of nitrogens with zero attached hydrogens (tertiary/aromatic N) is 2. The quantitative estimate of drug-likeness (QED) is 0.387. The van der Waals surface area contributed by atoms with Gasteiger partial charge in [-0.25, -0.2) is 0 Å². The van der Waals surface area contributed by atoms with Crippen LogP contribution in [-0.2, 0) is 6.61 Å². The van der Waals surface area contributed by atoms with Crippen LogP contribution in [0.2, 0.25) is 5.02 Å². The van der Waals surface area contributed by atoms with Gasteiger partial charge >= 0.3 is 0 Å². The van der Waals surface area contributed by atoms with Crippen LogP contribution in [0, 0.1) is 12.1 Å².